The number of piperidine rings is 1. The zero-order valence-electron chi connectivity index (χ0n) is 15.4. The van der Waals surface area contributed by atoms with Crippen molar-refractivity contribution in [3.63, 3.8) is 0 Å². The second-order valence-electron chi connectivity index (χ2n) is 7.94. The Morgan fingerprint density at radius 1 is 1.04 bits per heavy atom. The lowest BCUT2D eigenvalue weighted by molar-refractivity contribution is -0.138. The molecule has 0 radical (unpaired) electrons. The van der Waals surface area contributed by atoms with Gasteiger partial charge in [-0.3, -0.25) is 4.79 Å². The van der Waals surface area contributed by atoms with Gasteiger partial charge in [0.2, 0.25) is 5.91 Å². The normalized spacial score (nSPS) is 30.5. The molecule has 26 heavy (non-hydrogen) atoms. The third kappa shape index (κ3) is 3.83. The summed E-state index contributed by atoms with van der Waals surface area (Å²) < 4.78 is 0. The minimum absolute atomic E-state index is 0. The van der Waals surface area contributed by atoms with Crippen LogP contribution in [0.5, 0.6) is 0 Å². The van der Waals surface area contributed by atoms with Gasteiger partial charge in [-0.1, -0.05) is 18.2 Å². The molecule has 2 aliphatic carbocycles. The standard InChI is InChI=1S/C20H29N3O.2ClH/c1-22(16-5-3-2-4-6-16)17-9-11-23(12-10-17)20(24)18-14-7-8-15(13-14)19(18)21;;/h2-6,14-15,17-19H,7-13,21H2,1H3;2*1H. The number of likely N-dealkylation sites (tertiary alicyclic amines) is 1. The second-order valence-corrected chi connectivity index (χ2v) is 7.94. The SMILES string of the molecule is CN(c1ccccc1)C1CCN(C(=O)C2C3CCC(C3)C2N)CC1.Cl.Cl. The maximum Gasteiger partial charge on any atom is 0.227 e. The highest BCUT2D eigenvalue weighted by Gasteiger charge is 2.50. The van der Waals surface area contributed by atoms with Gasteiger partial charge >= 0.3 is 0 Å². The Kier molecular flexibility index (Phi) is 7.23. The first-order chi connectivity index (χ1) is 11.6. The molecule has 1 saturated heterocycles. The summed E-state index contributed by atoms with van der Waals surface area (Å²) in [5.74, 6) is 1.61. The van der Waals surface area contributed by atoms with Crippen molar-refractivity contribution in [2.45, 2.75) is 44.2 Å². The molecule has 1 heterocycles. The molecule has 1 aromatic carbocycles. The van der Waals surface area contributed by atoms with Crippen LogP contribution in [0, 0.1) is 17.8 Å². The van der Waals surface area contributed by atoms with E-state index >= 15 is 0 Å². The van der Waals surface area contributed by atoms with Gasteiger partial charge < -0.3 is 15.5 Å². The van der Waals surface area contributed by atoms with Crippen molar-refractivity contribution in [3.05, 3.63) is 30.3 Å². The zero-order valence-corrected chi connectivity index (χ0v) is 17.1. The molecule has 4 rings (SSSR count). The molecule has 2 bridgehead atoms. The first kappa shape index (κ1) is 21.3. The highest BCUT2D eigenvalue weighted by atomic mass is 35.5. The van der Waals surface area contributed by atoms with Gasteiger partial charge in [-0.2, -0.15) is 0 Å². The molecule has 3 aliphatic rings. The molecule has 1 amide bonds. The summed E-state index contributed by atoms with van der Waals surface area (Å²) in [5.41, 5.74) is 7.63. The van der Waals surface area contributed by atoms with Crippen molar-refractivity contribution in [2.24, 2.45) is 23.5 Å². The summed E-state index contributed by atoms with van der Waals surface area (Å²) in [6.45, 7) is 1.75. The molecule has 4 nitrogen and oxygen atoms in total. The van der Waals surface area contributed by atoms with Crippen LogP contribution in [0.1, 0.15) is 32.1 Å². The van der Waals surface area contributed by atoms with Crippen LogP contribution in [-0.2, 0) is 4.79 Å². The number of nitrogens with two attached hydrogens (primary N) is 1. The second kappa shape index (κ2) is 8.81. The summed E-state index contributed by atoms with van der Waals surface area (Å²) >= 11 is 0. The van der Waals surface area contributed by atoms with Gasteiger partial charge in [0.1, 0.15) is 0 Å². The maximum absolute atomic E-state index is 13.0. The van der Waals surface area contributed by atoms with E-state index in [9.17, 15) is 4.79 Å². The first-order valence-electron chi connectivity index (χ1n) is 9.47. The zero-order chi connectivity index (χ0) is 16.7. The van der Waals surface area contributed by atoms with Gasteiger partial charge in [0, 0.05) is 37.9 Å². The number of anilines is 1. The molecular weight excluding hydrogens is 369 g/mol. The van der Waals surface area contributed by atoms with E-state index in [1.165, 1.54) is 24.9 Å². The van der Waals surface area contributed by atoms with E-state index in [1.54, 1.807) is 0 Å². The van der Waals surface area contributed by atoms with Crippen molar-refractivity contribution in [2.75, 3.05) is 25.0 Å². The summed E-state index contributed by atoms with van der Waals surface area (Å²) in [7, 11) is 2.17. The van der Waals surface area contributed by atoms with Gasteiger partial charge in [-0.15, -0.1) is 24.8 Å². The highest BCUT2D eigenvalue weighted by Crippen LogP contribution is 2.48. The average Bonchev–Trinajstić information content (AvgIpc) is 3.23. The third-order valence-corrected chi connectivity index (χ3v) is 6.75. The van der Waals surface area contributed by atoms with Crippen LogP contribution in [0.3, 0.4) is 0 Å². The first-order valence-corrected chi connectivity index (χ1v) is 9.47. The van der Waals surface area contributed by atoms with Crippen LogP contribution in [0.25, 0.3) is 0 Å². The number of fused-ring (bicyclic) bond motifs is 2. The number of nitrogens with zero attached hydrogens (tertiary/aromatic N) is 2. The predicted molar refractivity (Wildman–Crippen MR) is 111 cm³/mol. The molecule has 6 heteroatoms. The smallest absolute Gasteiger partial charge is 0.227 e. The number of para-hydroxylation sites is 1. The van der Waals surface area contributed by atoms with Gasteiger partial charge in [-0.05, 0) is 56.1 Å². The Morgan fingerprint density at radius 3 is 2.23 bits per heavy atom. The van der Waals surface area contributed by atoms with Crippen LogP contribution in [0.4, 0.5) is 5.69 Å². The molecule has 3 fully saturated rings. The number of hydrogen-bond donors (Lipinski definition) is 1. The molecule has 146 valence electrons. The van der Waals surface area contributed by atoms with Crippen molar-refractivity contribution >= 4 is 36.4 Å². The topological polar surface area (TPSA) is 49.6 Å². The number of halogens is 2. The largest absolute Gasteiger partial charge is 0.371 e. The molecular formula is C20H31Cl2N3O. The van der Waals surface area contributed by atoms with Crippen LogP contribution in [0.15, 0.2) is 30.3 Å². The Hall–Kier alpha value is -0.970. The quantitative estimate of drug-likeness (QED) is 0.847. The summed E-state index contributed by atoms with van der Waals surface area (Å²) in [6.07, 6.45) is 5.73. The van der Waals surface area contributed by atoms with Gasteiger partial charge in [0.15, 0.2) is 0 Å². The molecule has 4 atom stereocenters. The summed E-state index contributed by atoms with van der Waals surface area (Å²) in [6, 6.07) is 11.2. The molecule has 0 spiro atoms. The molecule has 1 aromatic rings. The molecule has 1 aliphatic heterocycles. The number of rotatable bonds is 3. The van der Waals surface area contributed by atoms with E-state index in [0.29, 0.717) is 23.8 Å². The Morgan fingerprint density at radius 2 is 1.65 bits per heavy atom. The van der Waals surface area contributed by atoms with Crippen molar-refractivity contribution in [1.82, 2.24) is 4.90 Å². The number of amides is 1. The molecule has 2 saturated carbocycles. The van der Waals surface area contributed by atoms with Crippen molar-refractivity contribution in [1.29, 1.82) is 0 Å². The summed E-state index contributed by atoms with van der Waals surface area (Å²) in [5, 5.41) is 0. The third-order valence-electron chi connectivity index (χ3n) is 6.75. The lowest BCUT2D eigenvalue weighted by Crippen LogP contribution is -2.51. The lowest BCUT2D eigenvalue weighted by atomic mass is 9.83. The van der Waals surface area contributed by atoms with Gasteiger partial charge in [0.25, 0.3) is 0 Å². The molecule has 4 unspecified atom stereocenters. The fraction of sp³-hybridized carbons (Fsp3) is 0.650. The molecule has 2 N–H and O–H groups in total. The van der Waals surface area contributed by atoms with E-state index in [2.05, 4.69) is 47.2 Å². The van der Waals surface area contributed by atoms with Crippen LogP contribution < -0.4 is 10.6 Å². The van der Waals surface area contributed by atoms with Gasteiger partial charge in [0.05, 0.1) is 5.92 Å². The number of carbonyl (C=O) groups excluding carboxylic acids is 1. The minimum Gasteiger partial charge on any atom is -0.371 e. The van der Waals surface area contributed by atoms with E-state index < -0.39 is 0 Å². The van der Waals surface area contributed by atoms with Crippen molar-refractivity contribution < 1.29 is 4.79 Å². The minimum atomic E-state index is 0. The Bertz CT molecular complexity index is 590. The number of benzene rings is 1. The predicted octanol–water partition coefficient (Wildman–Crippen LogP) is 3.33. The van der Waals surface area contributed by atoms with Crippen LogP contribution in [-0.4, -0.2) is 43.0 Å². The Balaban J connectivity index is 0.00000121. The monoisotopic (exact) mass is 399 g/mol. The van der Waals surface area contributed by atoms with Crippen LogP contribution >= 0.6 is 24.8 Å². The highest BCUT2D eigenvalue weighted by molar-refractivity contribution is 5.85. The fourth-order valence-electron chi connectivity index (χ4n) is 5.26. The Labute approximate surface area is 169 Å². The van der Waals surface area contributed by atoms with E-state index in [-0.39, 0.29) is 36.8 Å². The van der Waals surface area contributed by atoms with Gasteiger partial charge in [-0.25, -0.2) is 0 Å². The van der Waals surface area contributed by atoms with Crippen LogP contribution in [0.2, 0.25) is 0 Å². The summed E-state index contributed by atoms with van der Waals surface area (Å²) in [4.78, 5) is 17.4. The van der Waals surface area contributed by atoms with E-state index in [1.807, 2.05) is 0 Å². The average molecular weight is 400 g/mol. The fourth-order valence-corrected chi connectivity index (χ4v) is 5.26. The molecule has 0 aromatic heterocycles. The van der Waals surface area contributed by atoms with Crippen molar-refractivity contribution in [3.8, 4) is 0 Å². The van der Waals surface area contributed by atoms with E-state index in [4.69, 9.17) is 5.73 Å². The maximum atomic E-state index is 13.0. The number of hydrogen-bond acceptors (Lipinski definition) is 3. The number of carbonyl (C=O) groups is 1. The van der Waals surface area contributed by atoms with E-state index in [0.717, 1.165) is 25.9 Å². The lowest BCUT2D eigenvalue weighted by Gasteiger charge is -2.40.